The van der Waals surface area contributed by atoms with Crippen molar-refractivity contribution >= 4 is 0 Å². The van der Waals surface area contributed by atoms with Crippen LogP contribution in [0.4, 0.5) is 0 Å². The highest BCUT2D eigenvalue weighted by molar-refractivity contribution is 5.06. The van der Waals surface area contributed by atoms with E-state index in [1.807, 2.05) is 12.1 Å². The monoisotopic (exact) mass is 237 g/mol. The van der Waals surface area contributed by atoms with Crippen LogP contribution in [0.5, 0.6) is 0 Å². The lowest BCUT2D eigenvalue weighted by molar-refractivity contribution is 0.0230. The van der Waals surface area contributed by atoms with Crippen LogP contribution in [0.3, 0.4) is 0 Å². The van der Waals surface area contributed by atoms with Crippen molar-refractivity contribution < 1.29 is 13.9 Å². The van der Waals surface area contributed by atoms with E-state index >= 15 is 0 Å². The number of hydrogen-bond acceptors (Lipinski definition) is 4. The van der Waals surface area contributed by atoms with Crippen LogP contribution in [-0.2, 0) is 22.6 Å². The van der Waals surface area contributed by atoms with Crippen LogP contribution in [0.2, 0.25) is 0 Å². The molecule has 4 nitrogen and oxygen atoms in total. The van der Waals surface area contributed by atoms with Crippen molar-refractivity contribution in [1.29, 1.82) is 0 Å². The molecule has 17 heavy (non-hydrogen) atoms. The Balaban J connectivity index is 1.42. The fraction of sp³-hybridized carbons (Fsp3) is 0.692. The molecule has 2 heterocycles. The topological polar surface area (TPSA) is 43.6 Å². The number of nitrogens with one attached hydrogen (secondary N) is 1. The van der Waals surface area contributed by atoms with E-state index in [1.54, 1.807) is 0 Å². The van der Waals surface area contributed by atoms with Gasteiger partial charge < -0.3 is 19.2 Å². The minimum Gasteiger partial charge on any atom is -0.462 e. The van der Waals surface area contributed by atoms with Gasteiger partial charge in [0.2, 0.25) is 0 Å². The molecule has 94 valence electrons. The summed E-state index contributed by atoms with van der Waals surface area (Å²) in [5, 5.41) is 3.43. The second kappa shape index (κ2) is 5.21. The molecule has 0 bridgehead atoms. The number of rotatable bonds is 6. The van der Waals surface area contributed by atoms with Crippen molar-refractivity contribution in [2.75, 3.05) is 13.2 Å². The van der Waals surface area contributed by atoms with E-state index < -0.39 is 0 Å². The third-order valence-electron chi connectivity index (χ3n) is 3.21. The maximum atomic E-state index is 5.70. The largest absolute Gasteiger partial charge is 0.462 e. The van der Waals surface area contributed by atoms with Crippen LogP contribution in [0.1, 0.15) is 30.8 Å². The summed E-state index contributed by atoms with van der Waals surface area (Å²) >= 11 is 0. The molecule has 1 atom stereocenters. The minimum atomic E-state index is 0.244. The molecular weight excluding hydrogens is 218 g/mol. The fourth-order valence-corrected chi connectivity index (χ4v) is 1.97. The zero-order chi connectivity index (χ0) is 11.5. The van der Waals surface area contributed by atoms with Gasteiger partial charge in [0.1, 0.15) is 18.1 Å². The highest BCUT2D eigenvalue weighted by atomic mass is 16.5. The molecule has 3 rings (SSSR count). The summed E-state index contributed by atoms with van der Waals surface area (Å²) < 4.78 is 16.7. The lowest BCUT2D eigenvalue weighted by Crippen LogP contribution is -2.14. The van der Waals surface area contributed by atoms with Crippen molar-refractivity contribution in [3.05, 3.63) is 23.7 Å². The van der Waals surface area contributed by atoms with Gasteiger partial charge in [-0.2, -0.15) is 0 Å². The number of furan rings is 1. The van der Waals surface area contributed by atoms with Crippen LogP contribution in [-0.4, -0.2) is 25.4 Å². The van der Waals surface area contributed by atoms with Crippen LogP contribution >= 0.6 is 0 Å². The maximum Gasteiger partial charge on any atom is 0.129 e. The molecule has 1 unspecified atom stereocenters. The van der Waals surface area contributed by atoms with E-state index in [9.17, 15) is 0 Å². The first-order valence-electron chi connectivity index (χ1n) is 6.40. The summed E-state index contributed by atoms with van der Waals surface area (Å²) in [7, 11) is 0. The first kappa shape index (κ1) is 11.3. The maximum absolute atomic E-state index is 5.70. The average Bonchev–Trinajstić information content (AvgIpc) is 2.86. The van der Waals surface area contributed by atoms with Crippen LogP contribution in [0, 0.1) is 0 Å². The average molecular weight is 237 g/mol. The Morgan fingerprint density at radius 3 is 2.88 bits per heavy atom. The van der Waals surface area contributed by atoms with Gasteiger partial charge in [-0.1, -0.05) is 0 Å². The predicted octanol–water partition coefficient (Wildman–Crippen LogP) is 1.84. The van der Waals surface area contributed by atoms with E-state index in [4.69, 9.17) is 13.9 Å². The Hall–Kier alpha value is -0.840. The molecule has 1 aliphatic heterocycles. The van der Waals surface area contributed by atoms with Crippen molar-refractivity contribution in [1.82, 2.24) is 5.32 Å². The Bertz CT molecular complexity index is 353. The van der Waals surface area contributed by atoms with Gasteiger partial charge in [0.25, 0.3) is 0 Å². The zero-order valence-electron chi connectivity index (χ0n) is 9.98. The molecule has 1 aromatic rings. The summed E-state index contributed by atoms with van der Waals surface area (Å²) in [5.74, 6) is 1.91. The van der Waals surface area contributed by atoms with Crippen molar-refractivity contribution in [3.63, 3.8) is 0 Å². The molecule has 0 aromatic carbocycles. The molecule has 4 heteroatoms. The first-order chi connectivity index (χ1) is 8.40. The molecule has 0 radical (unpaired) electrons. The van der Waals surface area contributed by atoms with Gasteiger partial charge >= 0.3 is 0 Å². The third-order valence-corrected chi connectivity index (χ3v) is 3.21. The van der Waals surface area contributed by atoms with E-state index in [0.29, 0.717) is 6.61 Å². The summed E-state index contributed by atoms with van der Waals surface area (Å²) in [6, 6.07) is 4.74. The second-order valence-electron chi connectivity index (χ2n) is 4.82. The smallest absolute Gasteiger partial charge is 0.129 e. The molecule has 0 spiro atoms. The van der Waals surface area contributed by atoms with Gasteiger partial charge in [0.15, 0.2) is 0 Å². The second-order valence-corrected chi connectivity index (χ2v) is 4.82. The standard InChI is InChI=1S/C13H19NO3/c1-2-10(1)14-7-11-3-4-13(17-11)9-16-12-5-6-15-8-12/h3-4,10,12,14H,1-2,5-9H2. The number of hydrogen-bond donors (Lipinski definition) is 1. The Morgan fingerprint density at radius 1 is 1.24 bits per heavy atom. The van der Waals surface area contributed by atoms with E-state index in [0.717, 1.165) is 43.7 Å². The van der Waals surface area contributed by atoms with Gasteiger partial charge in [-0.05, 0) is 31.4 Å². The van der Waals surface area contributed by atoms with E-state index in [1.165, 1.54) is 12.8 Å². The summed E-state index contributed by atoms with van der Waals surface area (Å²) in [6.07, 6.45) is 3.85. The first-order valence-corrected chi connectivity index (χ1v) is 6.40. The molecule has 0 amide bonds. The molecule has 2 aliphatic rings. The molecular formula is C13H19NO3. The normalized spacial score (nSPS) is 24.4. The predicted molar refractivity (Wildman–Crippen MR) is 62.6 cm³/mol. The summed E-state index contributed by atoms with van der Waals surface area (Å²) in [4.78, 5) is 0. The Kier molecular flexibility index (Phi) is 3.45. The van der Waals surface area contributed by atoms with Crippen LogP contribution < -0.4 is 5.32 Å². The van der Waals surface area contributed by atoms with Gasteiger partial charge in [-0.3, -0.25) is 0 Å². The SMILES string of the molecule is c1cc(COC2CCOC2)oc1CNC1CC1. The van der Waals surface area contributed by atoms with Gasteiger partial charge in [-0.25, -0.2) is 0 Å². The van der Waals surface area contributed by atoms with Gasteiger partial charge in [-0.15, -0.1) is 0 Å². The Morgan fingerprint density at radius 2 is 2.12 bits per heavy atom. The lowest BCUT2D eigenvalue weighted by Gasteiger charge is -2.07. The summed E-state index contributed by atoms with van der Waals surface area (Å²) in [5.41, 5.74) is 0. The number of ether oxygens (including phenoxy) is 2. The lowest BCUT2D eigenvalue weighted by atomic mass is 10.3. The highest BCUT2D eigenvalue weighted by Crippen LogP contribution is 2.20. The van der Waals surface area contributed by atoms with Crippen LogP contribution in [0.15, 0.2) is 16.5 Å². The van der Waals surface area contributed by atoms with E-state index in [-0.39, 0.29) is 6.10 Å². The summed E-state index contributed by atoms with van der Waals surface area (Å²) in [6.45, 7) is 2.92. The Labute approximate surface area is 101 Å². The molecule has 1 aromatic heterocycles. The molecule has 1 saturated heterocycles. The molecule has 1 N–H and O–H groups in total. The minimum absolute atomic E-state index is 0.244. The van der Waals surface area contributed by atoms with Crippen molar-refractivity contribution in [2.24, 2.45) is 0 Å². The quantitative estimate of drug-likeness (QED) is 0.820. The fourth-order valence-electron chi connectivity index (χ4n) is 1.97. The molecule has 1 aliphatic carbocycles. The van der Waals surface area contributed by atoms with Crippen LogP contribution in [0.25, 0.3) is 0 Å². The van der Waals surface area contributed by atoms with Crippen molar-refractivity contribution in [2.45, 2.75) is 44.6 Å². The third kappa shape index (κ3) is 3.31. The highest BCUT2D eigenvalue weighted by Gasteiger charge is 2.20. The zero-order valence-corrected chi connectivity index (χ0v) is 9.98. The van der Waals surface area contributed by atoms with E-state index in [2.05, 4.69) is 5.32 Å². The molecule has 1 saturated carbocycles. The van der Waals surface area contributed by atoms with Gasteiger partial charge in [0, 0.05) is 12.6 Å². The van der Waals surface area contributed by atoms with Gasteiger partial charge in [0.05, 0.1) is 19.3 Å². The van der Waals surface area contributed by atoms with Crippen molar-refractivity contribution in [3.8, 4) is 0 Å². The molecule has 2 fully saturated rings.